The highest BCUT2D eigenvalue weighted by molar-refractivity contribution is 5.07. The molecule has 1 spiro atoms. The molecule has 4 nitrogen and oxygen atoms in total. The Bertz CT molecular complexity index is 259. The summed E-state index contributed by atoms with van der Waals surface area (Å²) < 4.78 is 0. The number of nitrogens with one attached hydrogen (secondary N) is 1. The molecule has 0 aromatic heterocycles. The van der Waals surface area contributed by atoms with Crippen molar-refractivity contribution >= 4 is 0 Å². The van der Waals surface area contributed by atoms with Crippen LogP contribution < -0.4 is 5.32 Å². The van der Waals surface area contributed by atoms with E-state index in [0.717, 1.165) is 32.6 Å². The Morgan fingerprint density at radius 3 is 2.67 bits per heavy atom. The number of likely N-dealkylation sites (tertiary alicyclic amines) is 1. The Morgan fingerprint density at radius 1 is 1.33 bits per heavy atom. The summed E-state index contributed by atoms with van der Waals surface area (Å²) in [6.07, 6.45) is 3.02. The summed E-state index contributed by atoms with van der Waals surface area (Å²) in [4.78, 5) is 2.24. The van der Waals surface area contributed by atoms with Crippen LogP contribution >= 0.6 is 0 Å². The van der Waals surface area contributed by atoms with E-state index in [1.165, 1.54) is 12.8 Å². The quantitative estimate of drug-likeness (QED) is 0.559. The van der Waals surface area contributed by atoms with Crippen molar-refractivity contribution in [3.05, 3.63) is 0 Å². The Balaban J connectivity index is 1.60. The van der Waals surface area contributed by atoms with Crippen molar-refractivity contribution in [1.82, 2.24) is 10.2 Å². The van der Waals surface area contributed by atoms with Crippen LogP contribution in [0.2, 0.25) is 0 Å². The van der Waals surface area contributed by atoms with Gasteiger partial charge in [0.1, 0.15) is 0 Å². The maximum atomic E-state index is 10.2. The standard InChI is InChI=1S/C11H20N2O2/c14-9-5-13(7-10(9)1-2-10)8-11(15)3-4-12-6-11/h9,12,14-15H,1-8H2. The third kappa shape index (κ3) is 1.69. The summed E-state index contributed by atoms with van der Waals surface area (Å²) in [5.74, 6) is 0. The van der Waals surface area contributed by atoms with E-state index < -0.39 is 5.60 Å². The van der Waals surface area contributed by atoms with Crippen molar-refractivity contribution in [1.29, 1.82) is 0 Å². The fourth-order valence-electron chi connectivity index (χ4n) is 3.11. The minimum absolute atomic E-state index is 0.157. The molecule has 2 atom stereocenters. The molecule has 0 aromatic rings. The maximum absolute atomic E-state index is 10.2. The van der Waals surface area contributed by atoms with Crippen LogP contribution in [-0.2, 0) is 0 Å². The van der Waals surface area contributed by atoms with Crippen molar-refractivity contribution in [3.8, 4) is 0 Å². The molecule has 2 unspecified atom stereocenters. The van der Waals surface area contributed by atoms with Gasteiger partial charge in [-0.2, -0.15) is 0 Å². The smallest absolute Gasteiger partial charge is 0.0909 e. The Hall–Kier alpha value is -0.160. The van der Waals surface area contributed by atoms with Crippen LogP contribution in [0.5, 0.6) is 0 Å². The monoisotopic (exact) mass is 212 g/mol. The fraction of sp³-hybridized carbons (Fsp3) is 1.00. The minimum atomic E-state index is -0.555. The molecule has 0 amide bonds. The second-order valence-electron chi connectivity index (χ2n) is 5.70. The van der Waals surface area contributed by atoms with E-state index in [0.29, 0.717) is 6.54 Å². The van der Waals surface area contributed by atoms with Gasteiger partial charge in [-0.1, -0.05) is 0 Å². The first-order valence-electron chi connectivity index (χ1n) is 5.96. The molecule has 0 aromatic carbocycles. The number of hydrogen-bond acceptors (Lipinski definition) is 4. The average Bonchev–Trinajstić information content (AvgIpc) is 2.72. The van der Waals surface area contributed by atoms with Gasteiger partial charge in [-0.3, -0.25) is 4.90 Å². The minimum Gasteiger partial charge on any atom is -0.391 e. The molecule has 2 aliphatic heterocycles. The maximum Gasteiger partial charge on any atom is 0.0909 e. The lowest BCUT2D eigenvalue weighted by Crippen LogP contribution is -2.44. The molecular formula is C11H20N2O2. The van der Waals surface area contributed by atoms with Gasteiger partial charge in [-0.25, -0.2) is 0 Å². The van der Waals surface area contributed by atoms with Gasteiger partial charge in [0.15, 0.2) is 0 Å². The molecule has 2 saturated heterocycles. The first kappa shape index (κ1) is 10.0. The van der Waals surface area contributed by atoms with Crippen LogP contribution in [0.4, 0.5) is 0 Å². The Labute approximate surface area is 90.3 Å². The molecule has 3 fully saturated rings. The summed E-state index contributed by atoms with van der Waals surface area (Å²) in [7, 11) is 0. The zero-order valence-corrected chi connectivity index (χ0v) is 9.08. The van der Waals surface area contributed by atoms with Crippen LogP contribution in [0, 0.1) is 5.41 Å². The molecule has 4 heteroatoms. The number of β-amino-alcohol motifs (C(OH)–C–C–N with tert-alkyl or cyclic N) is 2. The van der Waals surface area contributed by atoms with Crippen LogP contribution in [0.15, 0.2) is 0 Å². The summed E-state index contributed by atoms with van der Waals surface area (Å²) in [6, 6.07) is 0. The molecule has 0 bridgehead atoms. The highest BCUT2D eigenvalue weighted by atomic mass is 16.3. The Morgan fingerprint density at radius 2 is 2.13 bits per heavy atom. The van der Waals surface area contributed by atoms with Crippen molar-refractivity contribution in [2.75, 3.05) is 32.7 Å². The van der Waals surface area contributed by atoms with Gasteiger partial charge in [0.25, 0.3) is 0 Å². The fourth-order valence-corrected chi connectivity index (χ4v) is 3.11. The first-order valence-corrected chi connectivity index (χ1v) is 5.96. The van der Waals surface area contributed by atoms with Gasteiger partial charge in [-0.15, -0.1) is 0 Å². The van der Waals surface area contributed by atoms with Gasteiger partial charge in [0.2, 0.25) is 0 Å². The molecule has 1 saturated carbocycles. The van der Waals surface area contributed by atoms with Crippen LogP contribution in [0.3, 0.4) is 0 Å². The van der Waals surface area contributed by atoms with Crippen LogP contribution in [-0.4, -0.2) is 59.5 Å². The first-order chi connectivity index (χ1) is 7.12. The summed E-state index contributed by atoms with van der Waals surface area (Å²) in [5, 5.41) is 23.3. The predicted octanol–water partition coefficient (Wildman–Crippen LogP) is -0.832. The van der Waals surface area contributed by atoms with Crippen LogP contribution in [0.25, 0.3) is 0 Å². The van der Waals surface area contributed by atoms with Crippen molar-refractivity contribution < 1.29 is 10.2 Å². The van der Waals surface area contributed by atoms with Gasteiger partial charge in [0.05, 0.1) is 11.7 Å². The van der Waals surface area contributed by atoms with Crippen molar-refractivity contribution in [3.63, 3.8) is 0 Å². The predicted molar refractivity (Wildman–Crippen MR) is 56.6 cm³/mol. The number of aliphatic hydroxyl groups is 2. The molecule has 3 rings (SSSR count). The third-order valence-electron chi connectivity index (χ3n) is 4.31. The SMILES string of the molecule is OC1CN(CC2(O)CCNC2)CC12CC2. The van der Waals surface area contributed by atoms with E-state index in [9.17, 15) is 10.2 Å². The van der Waals surface area contributed by atoms with E-state index in [4.69, 9.17) is 0 Å². The van der Waals surface area contributed by atoms with Crippen molar-refractivity contribution in [2.45, 2.75) is 31.0 Å². The van der Waals surface area contributed by atoms with Crippen LogP contribution in [0.1, 0.15) is 19.3 Å². The molecular weight excluding hydrogens is 192 g/mol. The summed E-state index contributed by atoms with van der Waals surface area (Å²) in [6.45, 7) is 4.07. The lowest BCUT2D eigenvalue weighted by molar-refractivity contribution is 0.0242. The second kappa shape index (κ2) is 3.17. The molecule has 3 aliphatic rings. The van der Waals surface area contributed by atoms with Gasteiger partial charge < -0.3 is 15.5 Å². The average molecular weight is 212 g/mol. The molecule has 86 valence electrons. The number of aliphatic hydroxyl groups excluding tert-OH is 1. The highest BCUT2D eigenvalue weighted by Crippen LogP contribution is 2.52. The zero-order valence-electron chi connectivity index (χ0n) is 9.08. The molecule has 0 radical (unpaired) electrons. The lowest BCUT2D eigenvalue weighted by Gasteiger charge is -2.27. The molecule has 1 aliphatic carbocycles. The largest absolute Gasteiger partial charge is 0.391 e. The van der Waals surface area contributed by atoms with Gasteiger partial charge in [0, 0.05) is 31.6 Å². The van der Waals surface area contributed by atoms with E-state index >= 15 is 0 Å². The van der Waals surface area contributed by atoms with E-state index in [1.807, 2.05) is 0 Å². The summed E-state index contributed by atoms with van der Waals surface area (Å²) in [5.41, 5.74) is -0.345. The normalized spacial score (nSPS) is 44.0. The zero-order chi connectivity index (χ0) is 10.5. The molecule has 15 heavy (non-hydrogen) atoms. The van der Waals surface area contributed by atoms with Gasteiger partial charge in [-0.05, 0) is 25.8 Å². The number of nitrogens with zero attached hydrogens (tertiary/aromatic N) is 1. The topological polar surface area (TPSA) is 55.7 Å². The van der Waals surface area contributed by atoms with Crippen molar-refractivity contribution in [2.24, 2.45) is 5.41 Å². The second-order valence-corrected chi connectivity index (χ2v) is 5.70. The van der Waals surface area contributed by atoms with E-state index in [2.05, 4.69) is 10.2 Å². The molecule has 2 heterocycles. The number of rotatable bonds is 2. The van der Waals surface area contributed by atoms with E-state index in [1.54, 1.807) is 0 Å². The highest BCUT2D eigenvalue weighted by Gasteiger charge is 2.55. The number of hydrogen-bond donors (Lipinski definition) is 3. The Kier molecular flexibility index (Phi) is 2.12. The summed E-state index contributed by atoms with van der Waals surface area (Å²) >= 11 is 0. The van der Waals surface area contributed by atoms with E-state index in [-0.39, 0.29) is 11.5 Å². The molecule has 3 N–H and O–H groups in total. The lowest BCUT2D eigenvalue weighted by atomic mass is 10.0. The van der Waals surface area contributed by atoms with Gasteiger partial charge >= 0.3 is 0 Å². The third-order valence-corrected chi connectivity index (χ3v) is 4.31.